The molecule has 0 spiro atoms. The molecule has 27 heavy (non-hydrogen) atoms. The van der Waals surface area contributed by atoms with Crippen LogP contribution in [-0.2, 0) is 4.79 Å². The van der Waals surface area contributed by atoms with Crippen LogP contribution >= 0.6 is 11.8 Å². The van der Waals surface area contributed by atoms with Gasteiger partial charge in [0.2, 0.25) is 0 Å². The third-order valence-corrected chi connectivity index (χ3v) is 5.45. The summed E-state index contributed by atoms with van der Waals surface area (Å²) in [5.74, 6) is -0.101. The zero-order valence-electron chi connectivity index (χ0n) is 16.2. The second-order valence-corrected chi connectivity index (χ2v) is 7.57. The zero-order chi connectivity index (χ0) is 19.4. The van der Waals surface area contributed by atoms with Gasteiger partial charge in [-0.1, -0.05) is 29.8 Å². The molecule has 2 aromatic carbocycles. The average molecular weight is 380 g/mol. The number of carbonyl (C=O) groups is 1. The van der Waals surface area contributed by atoms with E-state index in [2.05, 4.69) is 54.2 Å². The molecule has 2 aromatic rings. The van der Waals surface area contributed by atoms with Gasteiger partial charge in [-0.25, -0.2) is 4.99 Å². The lowest BCUT2D eigenvalue weighted by Gasteiger charge is -2.20. The molecule has 1 amide bonds. The number of anilines is 1. The van der Waals surface area contributed by atoms with Crippen LogP contribution in [0.5, 0.6) is 0 Å². The molecule has 0 aliphatic carbocycles. The van der Waals surface area contributed by atoms with Gasteiger partial charge in [-0.15, -0.1) is 0 Å². The first-order chi connectivity index (χ1) is 13.0. The Labute approximate surface area is 165 Å². The molecule has 1 saturated heterocycles. The number of carbonyl (C=O) groups excluding carboxylic acids is 1. The van der Waals surface area contributed by atoms with Crippen LogP contribution in [0.25, 0.3) is 6.08 Å². The minimum Gasteiger partial charge on any atom is -0.372 e. The fraction of sp³-hybridized carbons (Fsp3) is 0.273. The highest BCUT2D eigenvalue weighted by Gasteiger charge is 2.24. The van der Waals surface area contributed by atoms with Crippen LogP contribution in [0.3, 0.4) is 0 Å². The Balaban J connectivity index is 1.78. The van der Waals surface area contributed by atoms with E-state index in [0.717, 1.165) is 29.9 Å². The Morgan fingerprint density at radius 2 is 1.78 bits per heavy atom. The van der Waals surface area contributed by atoms with Crippen LogP contribution < -0.4 is 10.2 Å². The first-order valence-corrected chi connectivity index (χ1v) is 10.0. The van der Waals surface area contributed by atoms with Crippen LogP contribution in [0.1, 0.15) is 30.5 Å². The molecular weight excluding hydrogens is 354 g/mol. The first-order valence-electron chi connectivity index (χ1n) is 9.22. The van der Waals surface area contributed by atoms with Crippen molar-refractivity contribution in [2.75, 3.05) is 18.0 Å². The Morgan fingerprint density at radius 1 is 1.07 bits per heavy atom. The van der Waals surface area contributed by atoms with Crippen LogP contribution in [-0.4, -0.2) is 24.2 Å². The molecule has 0 saturated carbocycles. The van der Waals surface area contributed by atoms with E-state index in [1.54, 1.807) is 0 Å². The largest absolute Gasteiger partial charge is 0.372 e. The Kier molecular flexibility index (Phi) is 6.01. The van der Waals surface area contributed by atoms with E-state index in [0.29, 0.717) is 10.1 Å². The molecule has 0 unspecified atom stereocenters. The lowest BCUT2D eigenvalue weighted by Crippen LogP contribution is -2.21. The number of thioether (sulfide) groups is 1. The summed E-state index contributed by atoms with van der Waals surface area (Å²) in [6, 6.07) is 14.4. The molecule has 3 rings (SSSR count). The number of aryl methyl sites for hydroxylation is 2. The summed E-state index contributed by atoms with van der Waals surface area (Å²) in [7, 11) is 0. The van der Waals surface area contributed by atoms with Crippen molar-refractivity contribution in [1.82, 2.24) is 5.32 Å². The molecule has 1 fully saturated rings. The van der Waals surface area contributed by atoms with Gasteiger partial charge in [-0.2, -0.15) is 0 Å². The highest BCUT2D eigenvalue weighted by atomic mass is 32.2. The molecule has 1 aliphatic heterocycles. The lowest BCUT2D eigenvalue weighted by molar-refractivity contribution is -0.115. The topological polar surface area (TPSA) is 44.7 Å². The summed E-state index contributed by atoms with van der Waals surface area (Å²) in [6.07, 6.45) is 1.91. The van der Waals surface area contributed by atoms with Crippen molar-refractivity contribution in [3.63, 3.8) is 0 Å². The van der Waals surface area contributed by atoms with Crippen LogP contribution in [0.4, 0.5) is 11.4 Å². The van der Waals surface area contributed by atoms with Gasteiger partial charge in [0.25, 0.3) is 5.91 Å². The van der Waals surface area contributed by atoms with E-state index in [-0.39, 0.29) is 5.91 Å². The van der Waals surface area contributed by atoms with Crippen molar-refractivity contribution in [3.05, 3.63) is 64.1 Å². The molecule has 1 aliphatic rings. The van der Waals surface area contributed by atoms with Crippen molar-refractivity contribution < 1.29 is 4.79 Å². The maximum absolute atomic E-state index is 12.3. The number of nitrogens with one attached hydrogen (secondary N) is 1. The minimum absolute atomic E-state index is 0.101. The van der Waals surface area contributed by atoms with Gasteiger partial charge >= 0.3 is 0 Å². The van der Waals surface area contributed by atoms with E-state index < -0.39 is 0 Å². The predicted octanol–water partition coefficient (Wildman–Crippen LogP) is 5.04. The molecule has 0 aromatic heterocycles. The number of amides is 1. The second kappa shape index (κ2) is 8.44. The highest BCUT2D eigenvalue weighted by Crippen LogP contribution is 2.29. The number of amidine groups is 1. The summed E-state index contributed by atoms with van der Waals surface area (Å²) in [4.78, 5) is 19.9. The number of aliphatic imine (C=N–C) groups is 1. The first kappa shape index (κ1) is 19.2. The molecule has 0 bridgehead atoms. The monoisotopic (exact) mass is 379 g/mol. The predicted molar refractivity (Wildman–Crippen MR) is 117 cm³/mol. The van der Waals surface area contributed by atoms with Gasteiger partial charge in [-0.05, 0) is 74.9 Å². The molecule has 5 heteroatoms. The lowest BCUT2D eigenvalue weighted by atomic mass is 10.1. The molecule has 0 atom stereocenters. The van der Waals surface area contributed by atoms with Crippen LogP contribution in [0.15, 0.2) is 52.4 Å². The fourth-order valence-corrected chi connectivity index (χ4v) is 3.88. The third-order valence-electron chi connectivity index (χ3n) is 4.54. The van der Waals surface area contributed by atoms with E-state index in [1.165, 1.54) is 23.0 Å². The SMILES string of the molecule is CCN(CC)c1ccc(/C=C2/SC(=Nc3ccc(C)cc3C)NC2=O)cc1. The van der Waals surface area contributed by atoms with Gasteiger partial charge in [-0.3, -0.25) is 4.79 Å². The van der Waals surface area contributed by atoms with Gasteiger partial charge in [0.15, 0.2) is 5.17 Å². The summed E-state index contributed by atoms with van der Waals surface area (Å²) < 4.78 is 0. The van der Waals surface area contributed by atoms with Crippen molar-refractivity contribution >= 4 is 40.3 Å². The smallest absolute Gasteiger partial charge is 0.264 e. The fourth-order valence-electron chi connectivity index (χ4n) is 3.04. The Morgan fingerprint density at radius 3 is 2.41 bits per heavy atom. The molecule has 140 valence electrons. The standard InChI is InChI=1S/C22H25N3OS/c1-5-25(6-2)18-10-8-17(9-11-18)14-20-21(26)24-22(27-20)23-19-12-7-15(3)13-16(19)4/h7-14H,5-6H2,1-4H3,(H,23,24,26)/b20-14+. The summed E-state index contributed by atoms with van der Waals surface area (Å²) >= 11 is 1.38. The van der Waals surface area contributed by atoms with Gasteiger partial charge < -0.3 is 10.2 Å². The molecule has 4 nitrogen and oxygen atoms in total. The highest BCUT2D eigenvalue weighted by molar-refractivity contribution is 8.18. The summed E-state index contributed by atoms with van der Waals surface area (Å²) in [5, 5.41) is 3.48. The van der Waals surface area contributed by atoms with E-state index >= 15 is 0 Å². The molecule has 0 radical (unpaired) electrons. The molecule has 1 heterocycles. The van der Waals surface area contributed by atoms with Crippen molar-refractivity contribution in [1.29, 1.82) is 0 Å². The number of nitrogens with zero attached hydrogens (tertiary/aromatic N) is 2. The summed E-state index contributed by atoms with van der Waals surface area (Å²) in [5.41, 5.74) is 5.39. The van der Waals surface area contributed by atoms with Crippen LogP contribution in [0, 0.1) is 13.8 Å². The van der Waals surface area contributed by atoms with Crippen molar-refractivity contribution in [3.8, 4) is 0 Å². The second-order valence-electron chi connectivity index (χ2n) is 6.54. The Hall–Kier alpha value is -2.53. The molecular formula is C22H25N3OS. The maximum Gasteiger partial charge on any atom is 0.264 e. The van der Waals surface area contributed by atoms with Crippen molar-refractivity contribution in [2.24, 2.45) is 4.99 Å². The van der Waals surface area contributed by atoms with Crippen molar-refractivity contribution in [2.45, 2.75) is 27.7 Å². The minimum atomic E-state index is -0.101. The number of benzene rings is 2. The van der Waals surface area contributed by atoms with Crippen LogP contribution in [0.2, 0.25) is 0 Å². The Bertz CT molecular complexity index is 896. The normalized spacial score (nSPS) is 16.8. The van der Waals surface area contributed by atoms with E-state index in [4.69, 9.17) is 0 Å². The molecule has 1 N–H and O–H groups in total. The van der Waals surface area contributed by atoms with Gasteiger partial charge in [0.05, 0.1) is 10.6 Å². The maximum atomic E-state index is 12.3. The van der Waals surface area contributed by atoms with E-state index in [9.17, 15) is 4.79 Å². The van der Waals surface area contributed by atoms with Gasteiger partial charge in [0, 0.05) is 18.8 Å². The van der Waals surface area contributed by atoms with Gasteiger partial charge in [0.1, 0.15) is 0 Å². The third kappa shape index (κ3) is 4.61. The number of hydrogen-bond acceptors (Lipinski definition) is 4. The average Bonchev–Trinajstić information content (AvgIpc) is 2.99. The summed E-state index contributed by atoms with van der Waals surface area (Å²) in [6.45, 7) is 10.3. The van der Waals surface area contributed by atoms with E-state index in [1.807, 2.05) is 37.3 Å². The number of rotatable bonds is 5. The zero-order valence-corrected chi connectivity index (χ0v) is 17.1. The number of hydrogen-bond donors (Lipinski definition) is 1. The quantitative estimate of drug-likeness (QED) is 0.740.